The van der Waals surface area contributed by atoms with Crippen molar-refractivity contribution in [2.24, 2.45) is 0 Å². The zero-order valence-corrected chi connectivity index (χ0v) is 14.2. The highest BCUT2D eigenvalue weighted by molar-refractivity contribution is 5.96. The molecule has 1 N–H and O–H groups in total. The van der Waals surface area contributed by atoms with Gasteiger partial charge >= 0.3 is 12.3 Å². The van der Waals surface area contributed by atoms with E-state index in [1.54, 1.807) is 25.1 Å². The summed E-state index contributed by atoms with van der Waals surface area (Å²) in [7, 11) is 0. The van der Waals surface area contributed by atoms with Gasteiger partial charge in [0.2, 0.25) is 0 Å². The number of anilines is 1. The van der Waals surface area contributed by atoms with Gasteiger partial charge in [0.1, 0.15) is 17.1 Å². The zero-order valence-electron chi connectivity index (χ0n) is 14.2. The predicted molar refractivity (Wildman–Crippen MR) is 89.6 cm³/mol. The summed E-state index contributed by atoms with van der Waals surface area (Å²) in [6.45, 7) is 1.56. The van der Waals surface area contributed by atoms with Crippen LogP contribution in [-0.2, 0) is 9.53 Å². The Bertz CT molecular complexity index is 790. The van der Waals surface area contributed by atoms with Gasteiger partial charge in [0, 0.05) is 5.69 Å². The van der Waals surface area contributed by atoms with Crippen LogP contribution in [0.1, 0.15) is 17.3 Å². The maximum atomic E-state index is 12.1. The van der Waals surface area contributed by atoms with Crippen molar-refractivity contribution in [2.45, 2.75) is 13.3 Å². The Kier molecular flexibility index (Phi) is 6.64. The van der Waals surface area contributed by atoms with Gasteiger partial charge in [-0.15, -0.1) is 13.2 Å². The molecule has 0 saturated carbocycles. The number of para-hydroxylation sites is 1. The first-order valence-corrected chi connectivity index (χ1v) is 7.83. The molecule has 0 heterocycles. The Balaban J connectivity index is 1.88. The van der Waals surface area contributed by atoms with Gasteiger partial charge in [0.15, 0.2) is 6.61 Å². The normalized spacial score (nSPS) is 10.8. The Hall–Kier alpha value is -3.23. The van der Waals surface area contributed by atoms with Crippen molar-refractivity contribution in [3.63, 3.8) is 0 Å². The van der Waals surface area contributed by atoms with Crippen LogP contribution in [0.25, 0.3) is 0 Å². The highest BCUT2D eigenvalue weighted by Crippen LogP contribution is 2.24. The molecule has 0 fully saturated rings. The summed E-state index contributed by atoms with van der Waals surface area (Å²) in [4.78, 5) is 23.9. The highest BCUT2D eigenvalue weighted by Gasteiger charge is 2.30. The van der Waals surface area contributed by atoms with E-state index in [2.05, 4.69) is 10.1 Å². The molecule has 0 aromatic heterocycles. The minimum absolute atomic E-state index is 0.181. The second-order valence-corrected chi connectivity index (χ2v) is 5.13. The van der Waals surface area contributed by atoms with E-state index in [0.29, 0.717) is 12.4 Å². The fraction of sp³-hybridized carbons (Fsp3) is 0.222. The quantitative estimate of drug-likeness (QED) is 0.737. The molecule has 0 unspecified atom stereocenters. The molecule has 27 heavy (non-hydrogen) atoms. The first-order valence-electron chi connectivity index (χ1n) is 7.83. The van der Waals surface area contributed by atoms with E-state index < -0.39 is 30.6 Å². The number of halogens is 3. The van der Waals surface area contributed by atoms with Gasteiger partial charge in [-0.1, -0.05) is 12.1 Å². The van der Waals surface area contributed by atoms with Gasteiger partial charge in [-0.3, -0.25) is 4.79 Å². The fourth-order valence-corrected chi connectivity index (χ4v) is 2.06. The highest BCUT2D eigenvalue weighted by atomic mass is 19.4. The lowest BCUT2D eigenvalue weighted by Gasteiger charge is -2.11. The Labute approximate surface area is 152 Å². The van der Waals surface area contributed by atoms with E-state index in [9.17, 15) is 22.8 Å². The van der Waals surface area contributed by atoms with Crippen LogP contribution < -0.4 is 14.8 Å². The Morgan fingerprint density at radius 1 is 1.04 bits per heavy atom. The number of amides is 1. The van der Waals surface area contributed by atoms with E-state index in [0.717, 1.165) is 12.1 Å². The largest absolute Gasteiger partial charge is 0.573 e. The van der Waals surface area contributed by atoms with Crippen molar-refractivity contribution in [2.75, 3.05) is 18.5 Å². The molecule has 0 radical (unpaired) electrons. The monoisotopic (exact) mass is 383 g/mol. The average Bonchev–Trinajstić information content (AvgIpc) is 2.61. The van der Waals surface area contributed by atoms with Crippen molar-refractivity contribution in [1.82, 2.24) is 0 Å². The number of ether oxygens (including phenoxy) is 3. The van der Waals surface area contributed by atoms with Crippen molar-refractivity contribution in [3.05, 3.63) is 54.1 Å². The molecule has 144 valence electrons. The third-order valence-corrected chi connectivity index (χ3v) is 3.11. The van der Waals surface area contributed by atoms with Gasteiger partial charge in [0.05, 0.1) is 6.61 Å². The Morgan fingerprint density at radius 3 is 2.33 bits per heavy atom. The predicted octanol–water partition coefficient (Wildman–Crippen LogP) is 3.78. The lowest BCUT2D eigenvalue weighted by Crippen LogP contribution is -2.21. The molecule has 0 aliphatic heterocycles. The summed E-state index contributed by atoms with van der Waals surface area (Å²) in [5, 5.41) is 2.39. The zero-order chi connectivity index (χ0) is 19.9. The molecule has 0 spiro atoms. The van der Waals surface area contributed by atoms with E-state index in [4.69, 9.17) is 9.47 Å². The number of benzene rings is 2. The molecule has 6 nitrogen and oxygen atoms in total. The number of carbonyl (C=O) groups is 2. The number of hydrogen-bond acceptors (Lipinski definition) is 5. The summed E-state index contributed by atoms with van der Waals surface area (Å²) < 4.78 is 50.3. The van der Waals surface area contributed by atoms with Crippen LogP contribution in [-0.4, -0.2) is 31.5 Å². The van der Waals surface area contributed by atoms with Gasteiger partial charge in [-0.05, 0) is 43.3 Å². The van der Waals surface area contributed by atoms with Gasteiger partial charge in [-0.25, -0.2) is 4.79 Å². The van der Waals surface area contributed by atoms with Crippen molar-refractivity contribution in [3.8, 4) is 11.5 Å². The molecule has 2 aromatic carbocycles. The number of esters is 1. The molecule has 0 saturated heterocycles. The number of carbonyl (C=O) groups excluding carboxylic acids is 2. The number of hydrogen-bond donors (Lipinski definition) is 1. The molecule has 1 amide bonds. The lowest BCUT2D eigenvalue weighted by molar-refractivity contribution is -0.274. The molecule has 0 bridgehead atoms. The summed E-state index contributed by atoms with van der Waals surface area (Å²) in [6.07, 6.45) is -4.79. The van der Waals surface area contributed by atoms with Gasteiger partial charge in [-0.2, -0.15) is 0 Å². The third-order valence-electron chi connectivity index (χ3n) is 3.11. The van der Waals surface area contributed by atoms with Crippen LogP contribution in [0.5, 0.6) is 11.5 Å². The van der Waals surface area contributed by atoms with Crippen molar-refractivity contribution >= 4 is 17.6 Å². The van der Waals surface area contributed by atoms with Gasteiger partial charge in [0.25, 0.3) is 5.91 Å². The number of alkyl halides is 3. The first kappa shape index (κ1) is 20.1. The SMILES string of the molecule is CCOc1ccccc1C(=O)OCC(=O)Nc1ccc(OC(F)(F)F)cc1. The minimum Gasteiger partial charge on any atom is -0.493 e. The average molecular weight is 383 g/mol. The number of nitrogens with one attached hydrogen (secondary N) is 1. The first-order chi connectivity index (χ1) is 12.8. The molecular weight excluding hydrogens is 367 g/mol. The summed E-state index contributed by atoms with van der Waals surface area (Å²) in [6, 6.07) is 11.0. The van der Waals surface area contributed by atoms with Crippen LogP contribution in [0, 0.1) is 0 Å². The second-order valence-electron chi connectivity index (χ2n) is 5.13. The van der Waals surface area contributed by atoms with E-state index in [1.165, 1.54) is 18.2 Å². The van der Waals surface area contributed by atoms with E-state index in [-0.39, 0.29) is 11.3 Å². The molecule has 0 aliphatic carbocycles. The standard InChI is InChI=1S/C18H16F3NO5/c1-2-25-15-6-4-3-5-14(15)17(24)26-11-16(23)22-12-7-9-13(10-8-12)27-18(19,20)21/h3-10H,2,11H2,1H3,(H,22,23). The molecule has 2 rings (SSSR count). The van der Waals surface area contributed by atoms with Crippen LogP contribution in [0.2, 0.25) is 0 Å². The molecular formula is C18H16F3NO5. The van der Waals surface area contributed by atoms with Crippen LogP contribution in [0.4, 0.5) is 18.9 Å². The second kappa shape index (κ2) is 8.93. The van der Waals surface area contributed by atoms with Crippen molar-refractivity contribution < 1.29 is 37.0 Å². The maximum Gasteiger partial charge on any atom is 0.573 e. The Morgan fingerprint density at radius 2 is 1.70 bits per heavy atom. The van der Waals surface area contributed by atoms with Crippen LogP contribution in [0.15, 0.2) is 48.5 Å². The molecule has 2 aromatic rings. The van der Waals surface area contributed by atoms with Crippen LogP contribution >= 0.6 is 0 Å². The summed E-state index contributed by atoms with van der Waals surface area (Å²) >= 11 is 0. The maximum absolute atomic E-state index is 12.1. The molecule has 0 atom stereocenters. The summed E-state index contributed by atoms with van der Waals surface area (Å²) in [5.74, 6) is -1.46. The van der Waals surface area contributed by atoms with E-state index in [1.807, 2.05) is 0 Å². The molecule has 0 aliphatic rings. The summed E-state index contributed by atoms with van der Waals surface area (Å²) in [5.41, 5.74) is 0.404. The van der Waals surface area contributed by atoms with Crippen molar-refractivity contribution in [1.29, 1.82) is 0 Å². The topological polar surface area (TPSA) is 73.9 Å². The third kappa shape index (κ3) is 6.53. The van der Waals surface area contributed by atoms with Gasteiger partial charge < -0.3 is 19.5 Å². The lowest BCUT2D eigenvalue weighted by atomic mass is 10.2. The number of rotatable bonds is 7. The van der Waals surface area contributed by atoms with Crippen LogP contribution in [0.3, 0.4) is 0 Å². The fourth-order valence-electron chi connectivity index (χ4n) is 2.06. The van der Waals surface area contributed by atoms with E-state index >= 15 is 0 Å². The molecule has 9 heteroatoms. The smallest absolute Gasteiger partial charge is 0.493 e. The minimum atomic E-state index is -4.79.